The van der Waals surface area contributed by atoms with Gasteiger partial charge < -0.3 is 4.74 Å². The maximum atomic E-state index is 11.0. The Morgan fingerprint density at radius 1 is 0.593 bits per heavy atom. The van der Waals surface area contributed by atoms with Crippen LogP contribution >= 0.6 is 0 Å². The Bertz CT molecular complexity index is 322. The third-order valence-corrected chi connectivity index (χ3v) is 5.37. The molecule has 0 aliphatic rings. The SMILES string of the molecule is CCCCCCCCCCCCCCCCCCC=CCCCC(=O)OC. The van der Waals surface area contributed by atoms with Gasteiger partial charge in [-0.3, -0.25) is 4.79 Å². The van der Waals surface area contributed by atoms with Crippen LogP contribution in [0.2, 0.25) is 0 Å². The number of rotatable bonds is 21. The average Bonchev–Trinajstić information content (AvgIpc) is 2.68. The fourth-order valence-corrected chi connectivity index (χ4v) is 3.51. The first-order valence-electron chi connectivity index (χ1n) is 12.0. The van der Waals surface area contributed by atoms with Crippen molar-refractivity contribution >= 4 is 5.97 Å². The second-order valence-electron chi connectivity index (χ2n) is 8.03. The van der Waals surface area contributed by atoms with E-state index in [9.17, 15) is 4.79 Å². The van der Waals surface area contributed by atoms with E-state index in [1.165, 1.54) is 116 Å². The summed E-state index contributed by atoms with van der Waals surface area (Å²) in [5.41, 5.74) is 0. The summed E-state index contributed by atoms with van der Waals surface area (Å²) >= 11 is 0. The van der Waals surface area contributed by atoms with Crippen molar-refractivity contribution in [3.05, 3.63) is 12.2 Å². The van der Waals surface area contributed by atoms with Crippen LogP contribution in [0.4, 0.5) is 0 Å². The van der Waals surface area contributed by atoms with Gasteiger partial charge in [0.05, 0.1) is 7.11 Å². The summed E-state index contributed by atoms with van der Waals surface area (Å²) in [4.78, 5) is 11.0. The van der Waals surface area contributed by atoms with E-state index in [0.717, 1.165) is 12.8 Å². The fourth-order valence-electron chi connectivity index (χ4n) is 3.51. The van der Waals surface area contributed by atoms with E-state index in [4.69, 9.17) is 0 Å². The molecule has 0 N–H and O–H groups in total. The summed E-state index contributed by atoms with van der Waals surface area (Å²) in [7, 11) is 1.45. The molecule has 0 spiro atoms. The monoisotopic (exact) mass is 380 g/mol. The van der Waals surface area contributed by atoms with E-state index in [0.29, 0.717) is 6.42 Å². The van der Waals surface area contributed by atoms with Gasteiger partial charge in [-0.1, -0.05) is 115 Å². The van der Waals surface area contributed by atoms with Gasteiger partial charge in [-0.15, -0.1) is 0 Å². The predicted molar refractivity (Wildman–Crippen MR) is 119 cm³/mol. The zero-order valence-corrected chi connectivity index (χ0v) is 18.6. The molecule has 0 heterocycles. The molecule has 0 bridgehead atoms. The molecule has 0 atom stereocenters. The molecule has 0 fully saturated rings. The number of hydrogen-bond acceptors (Lipinski definition) is 2. The largest absolute Gasteiger partial charge is 0.469 e. The minimum atomic E-state index is -0.0961. The normalized spacial score (nSPS) is 11.3. The molecule has 0 aromatic heterocycles. The van der Waals surface area contributed by atoms with Crippen LogP contribution in [-0.2, 0) is 9.53 Å². The van der Waals surface area contributed by atoms with Gasteiger partial charge in [0.2, 0.25) is 0 Å². The zero-order chi connectivity index (χ0) is 19.8. The van der Waals surface area contributed by atoms with Gasteiger partial charge in [0.15, 0.2) is 0 Å². The number of ether oxygens (including phenoxy) is 1. The van der Waals surface area contributed by atoms with Gasteiger partial charge in [-0.25, -0.2) is 0 Å². The number of carbonyl (C=O) groups is 1. The Morgan fingerprint density at radius 3 is 1.37 bits per heavy atom. The minimum absolute atomic E-state index is 0.0961. The van der Waals surface area contributed by atoms with Crippen LogP contribution in [0.25, 0.3) is 0 Å². The Kier molecular flexibility index (Phi) is 22.6. The summed E-state index contributed by atoms with van der Waals surface area (Å²) in [5.74, 6) is -0.0961. The van der Waals surface area contributed by atoms with Crippen molar-refractivity contribution in [2.75, 3.05) is 7.11 Å². The van der Waals surface area contributed by atoms with Gasteiger partial charge in [-0.05, 0) is 25.7 Å². The number of carbonyl (C=O) groups excluding carboxylic acids is 1. The highest BCUT2D eigenvalue weighted by Gasteiger charge is 1.97. The first kappa shape index (κ1) is 26.2. The van der Waals surface area contributed by atoms with Crippen molar-refractivity contribution in [2.45, 2.75) is 135 Å². The molecule has 0 radical (unpaired) electrons. The minimum Gasteiger partial charge on any atom is -0.469 e. The van der Waals surface area contributed by atoms with Crippen LogP contribution in [-0.4, -0.2) is 13.1 Å². The second kappa shape index (κ2) is 23.2. The predicted octanol–water partition coefficient (Wildman–Crippen LogP) is 8.54. The lowest BCUT2D eigenvalue weighted by molar-refractivity contribution is -0.140. The Balaban J connectivity index is 3.07. The lowest BCUT2D eigenvalue weighted by atomic mass is 10.0. The van der Waals surface area contributed by atoms with Crippen molar-refractivity contribution in [1.82, 2.24) is 0 Å². The van der Waals surface area contributed by atoms with Gasteiger partial charge in [-0.2, -0.15) is 0 Å². The highest BCUT2D eigenvalue weighted by molar-refractivity contribution is 5.68. The highest BCUT2D eigenvalue weighted by atomic mass is 16.5. The molecule has 0 aliphatic heterocycles. The maximum Gasteiger partial charge on any atom is 0.305 e. The maximum absolute atomic E-state index is 11.0. The van der Waals surface area contributed by atoms with Gasteiger partial charge in [0.1, 0.15) is 0 Å². The van der Waals surface area contributed by atoms with Gasteiger partial charge in [0, 0.05) is 6.42 Å². The number of esters is 1. The molecule has 27 heavy (non-hydrogen) atoms. The molecule has 0 unspecified atom stereocenters. The first-order chi connectivity index (χ1) is 13.3. The Hall–Kier alpha value is -0.790. The summed E-state index contributed by atoms with van der Waals surface area (Å²) < 4.78 is 4.63. The Morgan fingerprint density at radius 2 is 0.963 bits per heavy atom. The van der Waals surface area contributed by atoms with Crippen LogP contribution in [0.15, 0.2) is 12.2 Å². The third-order valence-electron chi connectivity index (χ3n) is 5.37. The quantitative estimate of drug-likeness (QED) is 0.113. The topological polar surface area (TPSA) is 26.3 Å². The number of unbranched alkanes of at least 4 members (excludes halogenated alkanes) is 17. The molecule has 0 aromatic rings. The summed E-state index contributed by atoms with van der Waals surface area (Å²) in [6.07, 6.45) is 30.9. The second-order valence-corrected chi connectivity index (χ2v) is 8.03. The van der Waals surface area contributed by atoms with Crippen molar-refractivity contribution in [2.24, 2.45) is 0 Å². The van der Waals surface area contributed by atoms with Crippen molar-refractivity contribution < 1.29 is 9.53 Å². The lowest BCUT2D eigenvalue weighted by Gasteiger charge is -2.03. The van der Waals surface area contributed by atoms with Crippen LogP contribution in [0, 0.1) is 0 Å². The van der Waals surface area contributed by atoms with E-state index in [1.54, 1.807) is 0 Å². The molecule has 0 rings (SSSR count). The van der Waals surface area contributed by atoms with Crippen molar-refractivity contribution in [3.63, 3.8) is 0 Å². The fraction of sp³-hybridized carbons (Fsp3) is 0.880. The zero-order valence-electron chi connectivity index (χ0n) is 18.6. The van der Waals surface area contributed by atoms with E-state index >= 15 is 0 Å². The third kappa shape index (κ3) is 23.2. The molecule has 2 heteroatoms. The summed E-state index contributed by atoms with van der Waals surface area (Å²) in [6.45, 7) is 2.29. The van der Waals surface area contributed by atoms with E-state index in [1.807, 2.05) is 0 Å². The lowest BCUT2D eigenvalue weighted by Crippen LogP contribution is -1.98. The van der Waals surface area contributed by atoms with E-state index in [-0.39, 0.29) is 5.97 Å². The molecule has 0 aliphatic carbocycles. The Labute approximate surface area is 170 Å². The summed E-state index contributed by atoms with van der Waals surface area (Å²) in [5, 5.41) is 0. The molecule has 2 nitrogen and oxygen atoms in total. The van der Waals surface area contributed by atoms with Crippen LogP contribution in [0.5, 0.6) is 0 Å². The van der Waals surface area contributed by atoms with Crippen molar-refractivity contribution in [1.29, 1.82) is 0 Å². The summed E-state index contributed by atoms with van der Waals surface area (Å²) in [6, 6.07) is 0. The molecular weight excluding hydrogens is 332 g/mol. The first-order valence-corrected chi connectivity index (χ1v) is 12.0. The highest BCUT2D eigenvalue weighted by Crippen LogP contribution is 2.14. The molecule has 0 saturated carbocycles. The van der Waals surface area contributed by atoms with Crippen LogP contribution in [0.1, 0.15) is 135 Å². The molecule has 0 aromatic carbocycles. The number of allylic oxidation sites excluding steroid dienone is 2. The molecule has 160 valence electrons. The standard InChI is InChI=1S/C25H48O2/c1-3-4-5-6-7-8-9-10-11-12-13-14-15-16-17-18-19-20-21-22-23-24-25(26)27-2/h20-21H,3-19,22-24H2,1-2H3. The molecular formula is C25H48O2. The molecule has 0 amide bonds. The number of methoxy groups -OCH3 is 1. The average molecular weight is 381 g/mol. The van der Waals surface area contributed by atoms with Gasteiger partial charge >= 0.3 is 5.97 Å². The van der Waals surface area contributed by atoms with E-state index in [2.05, 4.69) is 23.8 Å². The van der Waals surface area contributed by atoms with Crippen LogP contribution < -0.4 is 0 Å². The van der Waals surface area contributed by atoms with E-state index < -0.39 is 0 Å². The van der Waals surface area contributed by atoms with Crippen LogP contribution in [0.3, 0.4) is 0 Å². The van der Waals surface area contributed by atoms with Gasteiger partial charge in [0.25, 0.3) is 0 Å². The van der Waals surface area contributed by atoms with Crippen molar-refractivity contribution in [3.8, 4) is 0 Å². The smallest absolute Gasteiger partial charge is 0.305 e. The molecule has 0 saturated heterocycles. The number of hydrogen-bond donors (Lipinski definition) is 0.